The van der Waals surface area contributed by atoms with E-state index in [2.05, 4.69) is 58.1 Å². The van der Waals surface area contributed by atoms with Gasteiger partial charge in [0.2, 0.25) is 0 Å². The van der Waals surface area contributed by atoms with Gasteiger partial charge < -0.3 is 0 Å². The molecule has 0 atom stereocenters. The van der Waals surface area contributed by atoms with Gasteiger partial charge in [0.1, 0.15) is 0 Å². The maximum Gasteiger partial charge on any atom is 2.00 e. The van der Waals surface area contributed by atoms with Crippen LogP contribution < -0.4 is 0 Å². The molecule has 2 aliphatic carbocycles. The Morgan fingerprint density at radius 2 is 1.44 bits per heavy atom. The largest absolute Gasteiger partial charge is 2.00 e. The number of hydrogen-bond acceptors (Lipinski definition) is 0. The van der Waals surface area contributed by atoms with Gasteiger partial charge in [-0.25, -0.2) is 17.7 Å². The van der Waals surface area contributed by atoms with Crippen LogP contribution in [0.1, 0.15) is 40.5 Å². The summed E-state index contributed by atoms with van der Waals surface area (Å²) in [5, 5.41) is 0. The van der Waals surface area contributed by atoms with Gasteiger partial charge in [-0.15, -0.1) is 44.6 Å². The molecule has 0 radical (unpaired) electrons. The molecule has 2 aliphatic rings. The molecule has 0 aromatic rings. The summed E-state index contributed by atoms with van der Waals surface area (Å²) in [6, 6.07) is 0. The molecular weight excluding hydrogens is 342 g/mol. The second kappa shape index (κ2) is 11.3. The van der Waals surface area contributed by atoms with E-state index in [0.717, 1.165) is 12.8 Å². The molecule has 0 nitrogen and oxygen atoms in total. The molecule has 0 saturated carbocycles. The summed E-state index contributed by atoms with van der Waals surface area (Å²) in [6.45, 7) is 8.76. The summed E-state index contributed by atoms with van der Waals surface area (Å²) in [7, 11) is 0. The smallest absolute Gasteiger partial charge is 0.273 e. The van der Waals surface area contributed by atoms with E-state index in [4.69, 9.17) is 0 Å². The van der Waals surface area contributed by atoms with Crippen LogP contribution in [0.5, 0.6) is 0 Å². The zero-order valence-corrected chi connectivity index (χ0v) is 15.6. The van der Waals surface area contributed by atoms with Gasteiger partial charge in [0.15, 0.2) is 0 Å². The summed E-state index contributed by atoms with van der Waals surface area (Å²) in [6.07, 6.45) is 16.7. The molecule has 3 heteroatoms. The monoisotopic (exact) mass is 362 g/mol. The third kappa shape index (κ3) is 9.37. The Kier molecular flexibility index (Phi) is 14.7. The van der Waals surface area contributed by atoms with Crippen LogP contribution >= 0.6 is 24.8 Å². The Hall–Kier alpha value is 0.423. The average Bonchev–Trinajstić information content (AvgIpc) is 2.73. The van der Waals surface area contributed by atoms with E-state index in [-0.39, 0.29) is 51.0 Å². The second-order valence-electron chi connectivity index (χ2n) is 4.96. The van der Waals surface area contributed by atoms with E-state index < -0.39 is 0 Å². The molecule has 18 heavy (non-hydrogen) atoms. The average molecular weight is 364 g/mol. The van der Waals surface area contributed by atoms with E-state index in [0.29, 0.717) is 5.41 Å². The van der Waals surface area contributed by atoms with Crippen molar-refractivity contribution in [3.63, 3.8) is 0 Å². The van der Waals surface area contributed by atoms with Crippen molar-refractivity contribution in [1.29, 1.82) is 0 Å². The van der Waals surface area contributed by atoms with Crippen LogP contribution in [0.3, 0.4) is 0 Å². The van der Waals surface area contributed by atoms with Crippen LogP contribution in [0.25, 0.3) is 0 Å². The van der Waals surface area contributed by atoms with Crippen molar-refractivity contribution in [2.45, 2.75) is 40.5 Å². The van der Waals surface area contributed by atoms with E-state index in [1.54, 1.807) is 0 Å². The van der Waals surface area contributed by atoms with Crippen molar-refractivity contribution in [3.8, 4) is 0 Å². The third-order valence-electron chi connectivity index (χ3n) is 2.44. The zero-order chi connectivity index (χ0) is 11.3. The van der Waals surface area contributed by atoms with Gasteiger partial charge in [0.25, 0.3) is 0 Å². The Morgan fingerprint density at radius 1 is 0.944 bits per heavy atom. The SMILES string of the molecule is CC(C)(C)C1=CC[C-]=C1.CC1=CC[C-]=C1.Cl.Cl.[Zr+2]. The van der Waals surface area contributed by atoms with Crippen LogP contribution in [0.4, 0.5) is 0 Å². The molecule has 0 N–H and O–H groups in total. The Balaban J connectivity index is -0.000000225. The number of allylic oxidation sites excluding steroid dienone is 8. The van der Waals surface area contributed by atoms with Crippen LogP contribution in [0.2, 0.25) is 0 Å². The van der Waals surface area contributed by atoms with Crippen LogP contribution in [-0.4, -0.2) is 0 Å². The fourth-order valence-electron chi connectivity index (χ4n) is 1.42. The number of rotatable bonds is 0. The van der Waals surface area contributed by atoms with E-state index >= 15 is 0 Å². The van der Waals surface area contributed by atoms with Crippen molar-refractivity contribution < 1.29 is 26.2 Å². The van der Waals surface area contributed by atoms with Gasteiger partial charge in [0.05, 0.1) is 0 Å². The molecule has 0 spiro atoms. The van der Waals surface area contributed by atoms with Gasteiger partial charge in [-0.1, -0.05) is 26.2 Å². The first-order valence-electron chi connectivity index (χ1n) is 5.51. The molecule has 0 bridgehead atoms. The maximum absolute atomic E-state index is 3.16. The summed E-state index contributed by atoms with van der Waals surface area (Å²) in [5.74, 6) is 0. The predicted octanol–water partition coefficient (Wildman–Crippen LogP) is 5.26. The minimum Gasteiger partial charge on any atom is -0.273 e. The van der Waals surface area contributed by atoms with Crippen molar-refractivity contribution in [2.75, 3.05) is 0 Å². The van der Waals surface area contributed by atoms with Gasteiger partial charge >= 0.3 is 26.2 Å². The fourth-order valence-corrected chi connectivity index (χ4v) is 1.42. The van der Waals surface area contributed by atoms with Crippen molar-refractivity contribution in [2.24, 2.45) is 5.41 Å². The first kappa shape index (κ1) is 23.5. The molecule has 2 rings (SSSR count). The molecule has 0 aliphatic heterocycles. The first-order valence-corrected chi connectivity index (χ1v) is 5.51. The van der Waals surface area contributed by atoms with Crippen molar-refractivity contribution in [3.05, 3.63) is 47.6 Å². The maximum atomic E-state index is 3.16. The molecule has 0 heterocycles. The standard InChI is InChI=1S/C9H13.C6H7.2ClH.Zr/c1-9(2,3)8-6-4-5-7-8;1-6-4-2-3-5-6;;;/h6-7H,4H2,1-3H3;4-5H,2H2,1H3;2*1H;/q2*-1;;;+2. The van der Waals surface area contributed by atoms with Crippen molar-refractivity contribution in [1.82, 2.24) is 0 Å². The molecule has 0 aromatic carbocycles. The topological polar surface area (TPSA) is 0 Å². The van der Waals surface area contributed by atoms with Gasteiger partial charge in [-0.05, 0) is 0 Å². The fraction of sp³-hybridized carbons (Fsp3) is 0.467. The van der Waals surface area contributed by atoms with Gasteiger partial charge in [0, 0.05) is 0 Å². The molecule has 0 saturated heterocycles. The zero-order valence-electron chi connectivity index (χ0n) is 11.5. The predicted molar refractivity (Wildman–Crippen MR) is 80.7 cm³/mol. The summed E-state index contributed by atoms with van der Waals surface area (Å²) in [5.41, 5.74) is 3.08. The molecule has 100 valence electrons. The molecule has 0 fully saturated rings. The van der Waals surface area contributed by atoms with Crippen LogP contribution in [-0.2, 0) is 26.2 Å². The minimum atomic E-state index is 0. The number of hydrogen-bond donors (Lipinski definition) is 0. The van der Waals surface area contributed by atoms with Gasteiger partial charge in [-0.2, -0.15) is 17.7 Å². The molecular formula is C15H22Cl2Zr. The quantitative estimate of drug-likeness (QED) is 0.515. The first-order chi connectivity index (χ1) is 7.00. The Bertz CT molecular complexity index is 328. The third-order valence-corrected chi connectivity index (χ3v) is 2.44. The van der Waals surface area contributed by atoms with Crippen molar-refractivity contribution >= 4 is 24.8 Å². The van der Waals surface area contributed by atoms with Crippen LogP contribution in [0, 0.1) is 17.6 Å². The normalized spacial score (nSPS) is 15.3. The van der Waals surface area contributed by atoms with Crippen LogP contribution in [0.15, 0.2) is 35.5 Å². The van der Waals surface area contributed by atoms with E-state index in [1.165, 1.54) is 11.1 Å². The molecule has 0 aromatic heterocycles. The Morgan fingerprint density at radius 3 is 1.61 bits per heavy atom. The summed E-state index contributed by atoms with van der Waals surface area (Å²) in [4.78, 5) is 0. The molecule has 0 unspecified atom stereocenters. The number of halogens is 2. The second-order valence-corrected chi connectivity index (χ2v) is 4.96. The minimum absolute atomic E-state index is 0. The summed E-state index contributed by atoms with van der Waals surface area (Å²) >= 11 is 0. The van der Waals surface area contributed by atoms with Gasteiger partial charge in [-0.3, -0.25) is 12.2 Å². The van der Waals surface area contributed by atoms with E-state index in [1.807, 2.05) is 6.08 Å². The van der Waals surface area contributed by atoms with E-state index in [9.17, 15) is 0 Å². The Labute approximate surface area is 144 Å². The molecule has 0 amide bonds. The summed E-state index contributed by atoms with van der Waals surface area (Å²) < 4.78 is 0.